The molecule has 15 heavy (non-hydrogen) atoms. The Labute approximate surface area is 101 Å². The molecule has 0 aromatic heterocycles. The zero-order valence-corrected chi connectivity index (χ0v) is 10.1. The summed E-state index contributed by atoms with van der Waals surface area (Å²) in [7, 11) is 0. The van der Waals surface area contributed by atoms with Gasteiger partial charge in [0.25, 0.3) is 0 Å². The van der Waals surface area contributed by atoms with E-state index in [1.807, 2.05) is 18.2 Å². The Morgan fingerprint density at radius 3 is 2.93 bits per heavy atom. The van der Waals surface area contributed by atoms with Gasteiger partial charge in [-0.1, -0.05) is 17.7 Å². The molecule has 2 rings (SSSR count). The molecule has 0 spiro atoms. The highest BCUT2D eigenvalue weighted by atomic mass is 79.9. The fraction of sp³-hybridized carbons (Fsp3) is 0.300. The third-order valence-corrected chi connectivity index (χ3v) is 3.45. The quantitative estimate of drug-likeness (QED) is 0.862. The van der Waals surface area contributed by atoms with E-state index in [1.165, 1.54) is 0 Å². The predicted octanol–water partition coefficient (Wildman–Crippen LogP) is 2.29. The van der Waals surface area contributed by atoms with Crippen LogP contribution < -0.4 is 5.32 Å². The average molecular weight is 291 g/mol. The lowest BCUT2D eigenvalue weighted by Gasteiger charge is -2.23. The molecule has 1 aromatic rings. The van der Waals surface area contributed by atoms with Gasteiger partial charge in [-0.05, 0) is 33.6 Å². The maximum absolute atomic E-state index is 10.9. The van der Waals surface area contributed by atoms with Crippen molar-refractivity contribution in [2.45, 2.75) is 6.10 Å². The van der Waals surface area contributed by atoms with Crippen molar-refractivity contribution in [2.75, 3.05) is 13.2 Å². The van der Waals surface area contributed by atoms with Crippen LogP contribution in [0.15, 0.2) is 22.7 Å². The van der Waals surface area contributed by atoms with Crippen LogP contribution >= 0.6 is 27.5 Å². The van der Waals surface area contributed by atoms with Crippen molar-refractivity contribution in [2.24, 2.45) is 0 Å². The second-order valence-corrected chi connectivity index (χ2v) is 4.54. The van der Waals surface area contributed by atoms with Gasteiger partial charge in [-0.3, -0.25) is 4.79 Å². The van der Waals surface area contributed by atoms with E-state index in [4.69, 9.17) is 16.3 Å². The van der Waals surface area contributed by atoms with Gasteiger partial charge in [0.2, 0.25) is 5.91 Å². The largest absolute Gasteiger partial charge is 0.362 e. The van der Waals surface area contributed by atoms with E-state index < -0.39 is 0 Å². The van der Waals surface area contributed by atoms with E-state index in [0.717, 1.165) is 10.0 Å². The standard InChI is InChI=1S/C10H9BrClNO2/c11-7-2-1-6(3-8(7)12)9-4-13-10(14)5-15-9/h1-3,9H,4-5H2,(H,13,14). The summed E-state index contributed by atoms with van der Waals surface area (Å²) >= 11 is 9.29. The summed E-state index contributed by atoms with van der Waals surface area (Å²) in [6, 6.07) is 5.64. The smallest absolute Gasteiger partial charge is 0.246 e. The molecule has 80 valence electrons. The number of morpholine rings is 1. The van der Waals surface area contributed by atoms with Crippen LogP contribution in [0.25, 0.3) is 0 Å². The van der Waals surface area contributed by atoms with Crippen molar-refractivity contribution in [3.8, 4) is 0 Å². The number of carbonyl (C=O) groups excluding carboxylic acids is 1. The molecule has 1 unspecified atom stereocenters. The summed E-state index contributed by atoms with van der Waals surface area (Å²) in [4.78, 5) is 10.9. The van der Waals surface area contributed by atoms with Crippen LogP contribution in [0.4, 0.5) is 0 Å². The van der Waals surface area contributed by atoms with E-state index in [9.17, 15) is 4.79 Å². The van der Waals surface area contributed by atoms with E-state index in [2.05, 4.69) is 21.2 Å². The summed E-state index contributed by atoms with van der Waals surface area (Å²) in [5, 5.41) is 3.39. The van der Waals surface area contributed by atoms with Gasteiger partial charge in [-0.15, -0.1) is 0 Å². The Kier molecular flexibility index (Phi) is 3.29. The van der Waals surface area contributed by atoms with Crippen molar-refractivity contribution >= 4 is 33.4 Å². The number of rotatable bonds is 1. The van der Waals surface area contributed by atoms with E-state index in [1.54, 1.807) is 0 Å². The minimum absolute atomic E-state index is 0.0746. The first-order valence-electron chi connectivity index (χ1n) is 4.50. The first-order valence-corrected chi connectivity index (χ1v) is 5.67. The second-order valence-electron chi connectivity index (χ2n) is 3.28. The molecule has 1 heterocycles. The van der Waals surface area contributed by atoms with Gasteiger partial charge in [0.1, 0.15) is 12.7 Å². The van der Waals surface area contributed by atoms with Gasteiger partial charge in [-0.2, -0.15) is 0 Å². The summed E-state index contributed by atoms with van der Waals surface area (Å²) < 4.78 is 6.24. The molecule has 1 N–H and O–H groups in total. The molecular weight excluding hydrogens is 281 g/mol. The monoisotopic (exact) mass is 289 g/mol. The van der Waals surface area contributed by atoms with Crippen LogP contribution in [0.1, 0.15) is 11.7 Å². The lowest BCUT2D eigenvalue weighted by atomic mass is 10.1. The third kappa shape index (κ3) is 2.51. The van der Waals surface area contributed by atoms with Gasteiger partial charge < -0.3 is 10.1 Å². The first kappa shape index (κ1) is 10.9. The molecular formula is C10H9BrClNO2. The zero-order valence-electron chi connectivity index (χ0n) is 7.80. The molecule has 1 aliphatic rings. The SMILES string of the molecule is O=C1COC(c2ccc(Br)c(Cl)c2)CN1. The molecule has 0 saturated carbocycles. The molecule has 0 aliphatic carbocycles. The molecule has 0 radical (unpaired) electrons. The van der Waals surface area contributed by atoms with Crippen LogP contribution in [0.3, 0.4) is 0 Å². The van der Waals surface area contributed by atoms with Crippen molar-refractivity contribution in [3.63, 3.8) is 0 Å². The number of hydrogen-bond acceptors (Lipinski definition) is 2. The number of nitrogens with one attached hydrogen (secondary N) is 1. The van der Waals surface area contributed by atoms with Crippen molar-refractivity contribution < 1.29 is 9.53 Å². The summed E-state index contributed by atoms with van der Waals surface area (Å²) in [6.07, 6.45) is -0.103. The Morgan fingerprint density at radius 2 is 2.33 bits per heavy atom. The van der Waals surface area contributed by atoms with Crippen molar-refractivity contribution in [1.29, 1.82) is 0 Å². The van der Waals surface area contributed by atoms with E-state index in [0.29, 0.717) is 11.6 Å². The molecule has 1 amide bonds. The number of halogens is 2. The minimum Gasteiger partial charge on any atom is -0.362 e. The topological polar surface area (TPSA) is 38.3 Å². The summed E-state index contributed by atoms with van der Waals surface area (Å²) in [6.45, 7) is 0.606. The average Bonchev–Trinajstić information content (AvgIpc) is 2.23. The van der Waals surface area contributed by atoms with E-state index >= 15 is 0 Å². The summed E-state index contributed by atoms with van der Waals surface area (Å²) in [5.41, 5.74) is 0.975. The number of ether oxygens (including phenoxy) is 1. The van der Waals surface area contributed by atoms with Gasteiger partial charge in [-0.25, -0.2) is 0 Å². The van der Waals surface area contributed by atoms with Crippen LogP contribution in [-0.4, -0.2) is 19.1 Å². The van der Waals surface area contributed by atoms with Gasteiger partial charge >= 0.3 is 0 Å². The highest BCUT2D eigenvalue weighted by Gasteiger charge is 2.20. The maximum atomic E-state index is 10.9. The molecule has 1 aliphatic heterocycles. The normalized spacial score (nSPS) is 21.2. The van der Waals surface area contributed by atoms with E-state index in [-0.39, 0.29) is 18.6 Å². The van der Waals surface area contributed by atoms with Crippen LogP contribution in [0, 0.1) is 0 Å². The highest BCUT2D eigenvalue weighted by Crippen LogP contribution is 2.27. The maximum Gasteiger partial charge on any atom is 0.246 e. The Morgan fingerprint density at radius 1 is 1.53 bits per heavy atom. The molecule has 3 nitrogen and oxygen atoms in total. The molecule has 1 atom stereocenters. The third-order valence-electron chi connectivity index (χ3n) is 2.22. The molecule has 1 aromatic carbocycles. The lowest BCUT2D eigenvalue weighted by Crippen LogP contribution is -2.38. The zero-order chi connectivity index (χ0) is 10.8. The molecule has 5 heteroatoms. The minimum atomic E-state index is -0.103. The number of amides is 1. The molecule has 1 saturated heterocycles. The van der Waals surface area contributed by atoms with Crippen LogP contribution in [0.5, 0.6) is 0 Å². The van der Waals surface area contributed by atoms with Crippen LogP contribution in [-0.2, 0) is 9.53 Å². The predicted molar refractivity (Wildman–Crippen MR) is 60.9 cm³/mol. The van der Waals surface area contributed by atoms with Gasteiger partial charge in [0, 0.05) is 11.0 Å². The Hall–Kier alpha value is -0.580. The second kappa shape index (κ2) is 4.51. The summed E-state index contributed by atoms with van der Waals surface area (Å²) in [5.74, 6) is -0.0746. The van der Waals surface area contributed by atoms with Crippen LogP contribution in [0.2, 0.25) is 5.02 Å². The molecule has 0 bridgehead atoms. The Balaban J connectivity index is 2.16. The highest BCUT2D eigenvalue weighted by molar-refractivity contribution is 9.10. The molecule has 1 fully saturated rings. The Bertz CT molecular complexity index is 387. The fourth-order valence-electron chi connectivity index (χ4n) is 1.42. The van der Waals surface area contributed by atoms with Gasteiger partial charge in [0.05, 0.1) is 5.02 Å². The fourth-order valence-corrected chi connectivity index (χ4v) is 1.86. The van der Waals surface area contributed by atoms with Gasteiger partial charge in [0.15, 0.2) is 0 Å². The lowest BCUT2D eigenvalue weighted by molar-refractivity contribution is -0.133. The number of carbonyl (C=O) groups is 1. The number of benzene rings is 1. The first-order chi connectivity index (χ1) is 7.16. The number of hydrogen-bond donors (Lipinski definition) is 1. The van der Waals surface area contributed by atoms with Crippen molar-refractivity contribution in [1.82, 2.24) is 5.32 Å². The van der Waals surface area contributed by atoms with Crippen molar-refractivity contribution in [3.05, 3.63) is 33.3 Å².